The molecule has 1 aromatic carbocycles. The Morgan fingerprint density at radius 2 is 2.04 bits per heavy atom. The van der Waals surface area contributed by atoms with Crippen LogP contribution in [0.15, 0.2) is 29.1 Å². The molecule has 0 spiro atoms. The van der Waals surface area contributed by atoms with Gasteiger partial charge < -0.3 is 19.5 Å². The third-order valence-electron chi connectivity index (χ3n) is 5.13. The van der Waals surface area contributed by atoms with Crippen molar-refractivity contribution in [3.63, 3.8) is 0 Å². The van der Waals surface area contributed by atoms with Crippen molar-refractivity contribution < 1.29 is 18.3 Å². The molecule has 1 atom stereocenters. The number of H-pyrrole nitrogens is 1. The van der Waals surface area contributed by atoms with Crippen molar-refractivity contribution >= 4 is 17.4 Å². The molecule has 0 unspecified atom stereocenters. The number of halogens is 2. The zero-order valence-electron chi connectivity index (χ0n) is 15.4. The lowest BCUT2D eigenvalue weighted by Gasteiger charge is -2.29. The van der Waals surface area contributed by atoms with Gasteiger partial charge in [0.1, 0.15) is 11.6 Å². The van der Waals surface area contributed by atoms with E-state index in [0.29, 0.717) is 49.8 Å². The summed E-state index contributed by atoms with van der Waals surface area (Å²) in [7, 11) is 0. The standard InChI is InChI=1S/C19H20F2N4O3/c1-19(21,18(27)25-6-5-12-13(20)3-2-4-14(12)25)17-22-15(11-16(26)23-17)24-7-9-28-10-8-24/h2-4,11H,5-10H2,1H3,(H,22,23,26)/t19-/m1/s1. The molecule has 9 heteroatoms. The van der Waals surface area contributed by atoms with Gasteiger partial charge in [-0.25, -0.2) is 13.8 Å². The van der Waals surface area contributed by atoms with Gasteiger partial charge in [0.2, 0.25) is 5.67 Å². The molecular formula is C19H20F2N4O3. The molecule has 1 aromatic heterocycles. The molecule has 28 heavy (non-hydrogen) atoms. The molecule has 4 rings (SSSR count). The number of fused-ring (bicyclic) bond motifs is 1. The molecule has 1 saturated heterocycles. The summed E-state index contributed by atoms with van der Waals surface area (Å²) < 4.78 is 34.9. The number of hydrogen-bond donors (Lipinski definition) is 1. The highest BCUT2D eigenvalue weighted by Gasteiger charge is 2.44. The van der Waals surface area contributed by atoms with E-state index in [1.807, 2.05) is 4.90 Å². The first-order valence-corrected chi connectivity index (χ1v) is 9.11. The Labute approximate surface area is 159 Å². The van der Waals surface area contributed by atoms with E-state index >= 15 is 4.39 Å². The van der Waals surface area contributed by atoms with Crippen molar-refractivity contribution in [3.8, 4) is 0 Å². The highest BCUT2D eigenvalue weighted by molar-refractivity contribution is 6.00. The number of aromatic nitrogens is 2. The van der Waals surface area contributed by atoms with E-state index in [-0.39, 0.29) is 12.4 Å². The van der Waals surface area contributed by atoms with E-state index in [0.717, 1.165) is 6.92 Å². The van der Waals surface area contributed by atoms with E-state index < -0.39 is 23.0 Å². The van der Waals surface area contributed by atoms with Gasteiger partial charge in [0.25, 0.3) is 11.5 Å². The number of nitrogens with zero attached hydrogens (tertiary/aromatic N) is 3. The summed E-state index contributed by atoms with van der Waals surface area (Å²) in [5.41, 5.74) is -2.39. The van der Waals surface area contributed by atoms with Crippen LogP contribution in [-0.4, -0.2) is 48.7 Å². The molecular weight excluding hydrogens is 370 g/mol. The smallest absolute Gasteiger partial charge is 0.272 e. The minimum atomic E-state index is -2.57. The van der Waals surface area contributed by atoms with Crippen molar-refractivity contribution in [1.82, 2.24) is 9.97 Å². The van der Waals surface area contributed by atoms with Crippen LogP contribution in [0.2, 0.25) is 0 Å². The van der Waals surface area contributed by atoms with E-state index in [2.05, 4.69) is 9.97 Å². The molecule has 1 amide bonds. The molecule has 0 bridgehead atoms. The summed E-state index contributed by atoms with van der Waals surface area (Å²) >= 11 is 0. The van der Waals surface area contributed by atoms with Crippen molar-refractivity contribution in [1.29, 1.82) is 0 Å². The average Bonchev–Trinajstić information content (AvgIpc) is 3.13. The lowest BCUT2D eigenvalue weighted by molar-refractivity contribution is -0.130. The summed E-state index contributed by atoms with van der Waals surface area (Å²) in [6, 6.07) is 5.65. The van der Waals surface area contributed by atoms with Crippen LogP contribution in [0.4, 0.5) is 20.3 Å². The Kier molecular flexibility index (Phi) is 4.62. The van der Waals surface area contributed by atoms with Gasteiger partial charge in [0, 0.05) is 37.0 Å². The lowest BCUT2D eigenvalue weighted by Crippen LogP contribution is -2.44. The summed E-state index contributed by atoms with van der Waals surface area (Å²) in [5.74, 6) is -1.38. The minimum absolute atomic E-state index is 0.169. The fourth-order valence-corrected chi connectivity index (χ4v) is 3.58. The normalized spacial score (nSPS) is 18.7. The number of ether oxygens (including phenoxy) is 1. The number of morpholine rings is 1. The SMILES string of the molecule is C[C@](F)(C(=O)N1CCc2c(F)cccc21)c1nc(N2CCOCC2)cc(=O)[nH]1. The van der Waals surface area contributed by atoms with Gasteiger partial charge in [-0.2, -0.15) is 0 Å². The van der Waals surface area contributed by atoms with Crippen LogP contribution in [0.25, 0.3) is 0 Å². The maximum Gasteiger partial charge on any atom is 0.272 e. The number of benzene rings is 1. The third kappa shape index (κ3) is 3.15. The highest BCUT2D eigenvalue weighted by Crippen LogP contribution is 2.35. The zero-order chi connectivity index (χ0) is 19.9. The largest absolute Gasteiger partial charge is 0.378 e. The van der Waals surface area contributed by atoms with E-state index in [1.54, 1.807) is 6.07 Å². The van der Waals surface area contributed by atoms with Crippen LogP contribution in [-0.2, 0) is 21.6 Å². The second-order valence-corrected chi connectivity index (χ2v) is 7.00. The van der Waals surface area contributed by atoms with Crippen molar-refractivity contribution in [2.75, 3.05) is 42.6 Å². The predicted molar refractivity (Wildman–Crippen MR) is 98.8 cm³/mol. The molecule has 1 N–H and O–H groups in total. The maximum absolute atomic E-state index is 15.6. The molecule has 0 radical (unpaired) electrons. The Morgan fingerprint density at radius 3 is 2.79 bits per heavy atom. The number of amides is 1. The number of rotatable bonds is 3. The molecule has 0 aliphatic carbocycles. The van der Waals surface area contributed by atoms with Crippen molar-refractivity contribution in [3.05, 3.63) is 51.8 Å². The molecule has 0 saturated carbocycles. The topological polar surface area (TPSA) is 78.5 Å². The first kappa shape index (κ1) is 18.5. The van der Waals surface area contributed by atoms with Gasteiger partial charge >= 0.3 is 0 Å². The molecule has 2 aliphatic rings. The molecule has 148 valence electrons. The van der Waals surface area contributed by atoms with Crippen LogP contribution in [0.1, 0.15) is 18.3 Å². The monoisotopic (exact) mass is 390 g/mol. The summed E-state index contributed by atoms with van der Waals surface area (Å²) in [6.45, 7) is 3.23. The van der Waals surface area contributed by atoms with Crippen LogP contribution >= 0.6 is 0 Å². The van der Waals surface area contributed by atoms with Gasteiger partial charge in [-0.3, -0.25) is 9.59 Å². The van der Waals surface area contributed by atoms with Crippen LogP contribution in [0.5, 0.6) is 0 Å². The predicted octanol–water partition coefficient (Wildman–Crippen LogP) is 1.52. The maximum atomic E-state index is 15.6. The molecule has 3 heterocycles. The molecule has 2 aromatic rings. The van der Waals surface area contributed by atoms with Gasteiger partial charge in [0.05, 0.1) is 13.2 Å². The van der Waals surface area contributed by atoms with E-state index in [4.69, 9.17) is 4.74 Å². The van der Waals surface area contributed by atoms with Crippen LogP contribution in [0, 0.1) is 5.82 Å². The van der Waals surface area contributed by atoms with Gasteiger partial charge in [-0.15, -0.1) is 0 Å². The summed E-state index contributed by atoms with van der Waals surface area (Å²) in [4.78, 5) is 34.6. The number of carbonyl (C=O) groups is 1. The molecule has 7 nitrogen and oxygen atoms in total. The molecule has 1 fully saturated rings. The number of anilines is 2. The summed E-state index contributed by atoms with van der Waals surface area (Å²) in [5, 5.41) is 0. The third-order valence-corrected chi connectivity index (χ3v) is 5.13. The average molecular weight is 390 g/mol. The van der Waals surface area contributed by atoms with Gasteiger partial charge in [-0.1, -0.05) is 6.07 Å². The first-order valence-electron chi connectivity index (χ1n) is 9.11. The fraction of sp³-hybridized carbons (Fsp3) is 0.421. The van der Waals surface area contributed by atoms with Crippen LogP contribution < -0.4 is 15.4 Å². The quantitative estimate of drug-likeness (QED) is 0.860. The van der Waals surface area contributed by atoms with Crippen LogP contribution in [0.3, 0.4) is 0 Å². The number of alkyl halides is 1. The Balaban J connectivity index is 1.67. The number of carbonyl (C=O) groups excluding carboxylic acids is 1. The van der Waals surface area contributed by atoms with Crippen molar-refractivity contribution in [2.45, 2.75) is 19.0 Å². The van der Waals surface area contributed by atoms with Gasteiger partial charge in [-0.05, 0) is 25.5 Å². The molecule has 2 aliphatic heterocycles. The van der Waals surface area contributed by atoms with Gasteiger partial charge in [0.15, 0.2) is 5.82 Å². The summed E-state index contributed by atoms with van der Waals surface area (Å²) in [6.07, 6.45) is 0.307. The Morgan fingerprint density at radius 1 is 1.29 bits per heavy atom. The highest BCUT2D eigenvalue weighted by atomic mass is 19.1. The Bertz CT molecular complexity index is 970. The second kappa shape index (κ2) is 6.97. The number of hydrogen-bond acceptors (Lipinski definition) is 5. The van der Waals surface area contributed by atoms with E-state index in [1.165, 1.54) is 23.1 Å². The zero-order valence-corrected chi connectivity index (χ0v) is 15.4. The number of aromatic amines is 1. The lowest BCUT2D eigenvalue weighted by atomic mass is 10.1. The Hall–Kier alpha value is -2.81. The number of nitrogens with one attached hydrogen (secondary N) is 1. The van der Waals surface area contributed by atoms with Crippen molar-refractivity contribution in [2.24, 2.45) is 0 Å². The van der Waals surface area contributed by atoms with E-state index in [9.17, 15) is 14.0 Å². The minimum Gasteiger partial charge on any atom is -0.378 e. The second-order valence-electron chi connectivity index (χ2n) is 7.00. The fourth-order valence-electron chi connectivity index (χ4n) is 3.58. The first-order chi connectivity index (χ1) is 13.4.